The molecule has 1 aliphatic heterocycles. The number of nitrogens with zero attached hydrogens (tertiary/aromatic N) is 1. The number of anilines is 2. The second-order valence-electron chi connectivity index (χ2n) is 5.31. The Hall–Kier alpha value is -1.92. The maximum Gasteiger partial charge on any atom is 0.418 e. The topological polar surface area (TPSA) is 55.6 Å². The van der Waals surface area contributed by atoms with E-state index in [1.807, 2.05) is 0 Å². The van der Waals surface area contributed by atoms with E-state index in [1.54, 1.807) is 17.9 Å². The summed E-state index contributed by atoms with van der Waals surface area (Å²) in [5, 5.41) is 0. The van der Waals surface area contributed by atoms with Crippen LogP contribution in [0.25, 0.3) is 0 Å². The van der Waals surface area contributed by atoms with Gasteiger partial charge >= 0.3 is 12.1 Å². The highest BCUT2D eigenvalue weighted by Crippen LogP contribution is 2.36. The van der Waals surface area contributed by atoms with E-state index in [0.29, 0.717) is 31.8 Å². The molecule has 1 saturated heterocycles. The Morgan fingerprint density at radius 3 is 2.82 bits per heavy atom. The minimum absolute atomic E-state index is 0.293. The van der Waals surface area contributed by atoms with Gasteiger partial charge in [-0.15, -0.1) is 0 Å². The number of nitrogen functional groups attached to an aromatic ring is 1. The molecule has 1 atom stereocenters. The molecule has 0 radical (unpaired) electrons. The van der Waals surface area contributed by atoms with Crippen LogP contribution in [0.4, 0.5) is 24.5 Å². The number of halogens is 3. The lowest BCUT2D eigenvalue weighted by molar-refractivity contribution is -0.148. The molecular weight excluding hydrogens is 297 g/mol. The van der Waals surface area contributed by atoms with Gasteiger partial charge in [-0.25, -0.2) is 0 Å². The number of ether oxygens (including phenoxy) is 1. The van der Waals surface area contributed by atoms with Crippen LogP contribution >= 0.6 is 0 Å². The minimum atomic E-state index is -4.49. The zero-order valence-corrected chi connectivity index (χ0v) is 12.3. The number of carbonyl (C=O) groups excluding carboxylic acids is 1. The maximum atomic E-state index is 12.9. The Labute approximate surface area is 127 Å². The average Bonchev–Trinajstić information content (AvgIpc) is 2.47. The van der Waals surface area contributed by atoms with Gasteiger partial charge in [-0.05, 0) is 38.0 Å². The Morgan fingerprint density at radius 1 is 1.45 bits per heavy atom. The van der Waals surface area contributed by atoms with Crippen LogP contribution in [-0.4, -0.2) is 25.7 Å². The van der Waals surface area contributed by atoms with Crippen LogP contribution in [0.1, 0.15) is 25.3 Å². The van der Waals surface area contributed by atoms with Gasteiger partial charge in [0.05, 0.1) is 18.1 Å². The fraction of sp³-hybridized carbons (Fsp3) is 0.533. The van der Waals surface area contributed by atoms with E-state index in [0.717, 1.165) is 12.5 Å². The third kappa shape index (κ3) is 3.64. The van der Waals surface area contributed by atoms with Crippen LogP contribution in [0.2, 0.25) is 0 Å². The monoisotopic (exact) mass is 316 g/mol. The second-order valence-corrected chi connectivity index (χ2v) is 5.31. The molecule has 1 aromatic carbocycles. The van der Waals surface area contributed by atoms with Crippen LogP contribution in [0.3, 0.4) is 0 Å². The van der Waals surface area contributed by atoms with Crippen LogP contribution in [-0.2, 0) is 15.7 Å². The summed E-state index contributed by atoms with van der Waals surface area (Å²) in [7, 11) is 0. The largest absolute Gasteiger partial charge is 0.466 e. The second kappa shape index (κ2) is 6.46. The first-order chi connectivity index (χ1) is 10.3. The zero-order chi connectivity index (χ0) is 16.3. The molecule has 0 saturated carbocycles. The highest BCUT2D eigenvalue weighted by molar-refractivity contribution is 5.74. The molecule has 0 amide bonds. The molecule has 1 aromatic rings. The Kier molecular flexibility index (Phi) is 4.83. The van der Waals surface area contributed by atoms with Gasteiger partial charge in [-0.2, -0.15) is 13.2 Å². The smallest absolute Gasteiger partial charge is 0.418 e. The lowest BCUT2D eigenvalue weighted by Crippen LogP contribution is -2.39. The maximum absolute atomic E-state index is 12.9. The summed E-state index contributed by atoms with van der Waals surface area (Å²) in [6.07, 6.45) is -3.07. The van der Waals surface area contributed by atoms with E-state index in [9.17, 15) is 18.0 Å². The molecule has 1 fully saturated rings. The molecule has 122 valence electrons. The Balaban J connectivity index is 2.19. The summed E-state index contributed by atoms with van der Waals surface area (Å²) in [4.78, 5) is 13.6. The van der Waals surface area contributed by atoms with E-state index in [2.05, 4.69) is 0 Å². The van der Waals surface area contributed by atoms with E-state index in [1.165, 1.54) is 6.07 Å². The zero-order valence-electron chi connectivity index (χ0n) is 12.3. The first-order valence-corrected chi connectivity index (χ1v) is 7.21. The summed E-state index contributed by atoms with van der Waals surface area (Å²) in [6.45, 7) is 3.00. The highest BCUT2D eigenvalue weighted by atomic mass is 19.4. The van der Waals surface area contributed by atoms with Crippen LogP contribution in [0, 0.1) is 5.92 Å². The quantitative estimate of drug-likeness (QED) is 0.688. The van der Waals surface area contributed by atoms with E-state index >= 15 is 0 Å². The first kappa shape index (κ1) is 16.5. The van der Waals surface area contributed by atoms with Crippen LogP contribution in [0.5, 0.6) is 0 Å². The Morgan fingerprint density at radius 2 is 2.18 bits per heavy atom. The van der Waals surface area contributed by atoms with Gasteiger partial charge in [0.2, 0.25) is 0 Å². The number of carbonyl (C=O) groups is 1. The predicted octanol–water partition coefficient (Wildman–Crippen LogP) is 3.07. The van der Waals surface area contributed by atoms with Crippen molar-refractivity contribution in [3.8, 4) is 0 Å². The van der Waals surface area contributed by atoms with E-state index < -0.39 is 11.7 Å². The molecular formula is C15H19F3N2O2. The third-order valence-electron chi connectivity index (χ3n) is 3.75. The van der Waals surface area contributed by atoms with E-state index in [4.69, 9.17) is 10.5 Å². The molecule has 4 nitrogen and oxygen atoms in total. The number of alkyl halides is 3. The summed E-state index contributed by atoms with van der Waals surface area (Å²) in [6, 6.07) is 3.85. The Bertz CT molecular complexity index is 546. The van der Waals surface area contributed by atoms with Crippen molar-refractivity contribution in [1.82, 2.24) is 0 Å². The number of rotatable bonds is 3. The summed E-state index contributed by atoms with van der Waals surface area (Å²) < 4.78 is 43.8. The van der Waals surface area contributed by atoms with Gasteiger partial charge < -0.3 is 15.4 Å². The average molecular weight is 316 g/mol. The summed E-state index contributed by atoms with van der Waals surface area (Å²) in [5.41, 5.74) is 4.69. The number of hydrogen-bond donors (Lipinski definition) is 1. The highest BCUT2D eigenvalue weighted by Gasteiger charge is 2.34. The number of hydrogen-bond acceptors (Lipinski definition) is 4. The van der Waals surface area contributed by atoms with Gasteiger partial charge in [0.25, 0.3) is 0 Å². The number of nitrogens with two attached hydrogens (primary N) is 1. The standard InChI is InChI=1S/C15H19F3N2O2/c1-2-22-14(21)10-4-3-7-20(9-10)11-5-6-13(19)12(8-11)15(16,17)18/h5-6,8,10H,2-4,7,9,19H2,1H3. The SMILES string of the molecule is CCOC(=O)C1CCCN(c2ccc(N)c(C(F)(F)F)c2)C1. The molecule has 1 aliphatic rings. The van der Waals surface area contributed by atoms with Crippen LogP contribution in [0.15, 0.2) is 18.2 Å². The number of piperidine rings is 1. The molecule has 2 N–H and O–H groups in total. The molecule has 2 rings (SSSR count). The van der Waals surface area contributed by atoms with Gasteiger partial charge in [-0.1, -0.05) is 0 Å². The number of esters is 1. The molecule has 0 spiro atoms. The summed E-state index contributed by atoms with van der Waals surface area (Å²) in [5.74, 6) is -0.598. The van der Waals surface area contributed by atoms with Gasteiger partial charge in [0, 0.05) is 24.5 Å². The first-order valence-electron chi connectivity index (χ1n) is 7.21. The van der Waals surface area contributed by atoms with Gasteiger partial charge in [0.1, 0.15) is 0 Å². The summed E-state index contributed by atoms with van der Waals surface area (Å²) >= 11 is 0. The van der Waals surface area contributed by atoms with Crippen molar-refractivity contribution in [3.05, 3.63) is 23.8 Å². The van der Waals surface area contributed by atoms with Crippen molar-refractivity contribution in [2.45, 2.75) is 25.9 Å². The lowest BCUT2D eigenvalue weighted by atomic mass is 9.97. The van der Waals surface area contributed by atoms with Crippen molar-refractivity contribution < 1.29 is 22.7 Å². The van der Waals surface area contributed by atoms with Crippen molar-refractivity contribution >= 4 is 17.3 Å². The van der Waals surface area contributed by atoms with Crippen molar-refractivity contribution in [1.29, 1.82) is 0 Å². The molecule has 7 heteroatoms. The molecule has 1 unspecified atom stereocenters. The fourth-order valence-corrected chi connectivity index (χ4v) is 2.65. The minimum Gasteiger partial charge on any atom is -0.466 e. The van der Waals surface area contributed by atoms with Gasteiger partial charge in [0.15, 0.2) is 0 Å². The molecule has 0 aromatic heterocycles. The fourth-order valence-electron chi connectivity index (χ4n) is 2.65. The van der Waals surface area contributed by atoms with E-state index in [-0.39, 0.29) is 17.6 Å². The third-order valence-corrected chi connectivity index (χ3v) is 3.75. The van der Waals surface area contributed by atoms with Gasteiger partial charge in [-0.3, -0.25) is 4.79 Å². The van der Waals surface area contributed by atoms with Crippen LogP contribution < -0.4 is 10.6 Å². The molecule has 1 heterocycles. The van der Waals surface area contributed by atoms with Crippen molar-refractivity contribution in [2.75, 3.05) is 30.3 Å². The number of benzene rings is 1. The van der Waals surface area contributed by atoms with Crippen molar-refractivity contribution in [3.63, 3.8) is 0 Å². The normalized spacial score (nSPS) is 19.1. The molecule has 22 heavy (non-hydrogen) atoms. The molecule has 0 aliphatic carbocycles. The van der Waals surface area contributed by atoms with Crippen molar-refractivity contribution in [2.24, 2.45) is 5.92 Å². The molecule has 0 bridgehead atoms. The predicted molar refractivity (Wildman–Crippen MR) is 77.4 cm³/mol. The lowest BCUT2D eigenvalue weighted by Gasteiger charge is -2.33.